The predicted molar refractivity (Wildman–Crippen MR) is 105 cm³/mol. The number of hydrogen-bond acceptors (Lipinski definition) is 3. The van der Waals surface area contributed by atoms with Crippen molar-refractivity contribution in [2.24, 2.45) is 5.92 Å². The highest BCUT2D eigenvalue weighted by Gasteiger charge is 2.34. The number of aryl methyl sites for hydroxylation is 1. The third kappa shape index (κ3) is 4.88. The molecule has 0 saturated heterocycles. The van der Waals surface area contributed by atoms with Crippen LogP contribution in [-0.4, -0.2) is 25.0 Å². The van der Waals surface area contributed by atoms with Crippen molar-refractivity contribution >= 4 is 11.8 Å². The highest BCUT2D eigenvalue weighted by molar-refractivity contribution is 5.95. The SMILES string of the molecule is COc1ccc(C(=O)N[C@@H]2CCC[C@@H]2C(=O)NCc2cccc(C)c2)cc1. The number of methoxy groups -OCH3 is 1. The van der Waals surface area contributed by atoms with Crippen molar-refractivity contribution < 1.29 is 14.3 Å². The van der Waals surface area contributed by atoms with E-state index < -0.39 is 0 Å². The average molecular weight is 366 g/mol. The summed E-state index contributed by atoms with van der Waals surface area (Å²) < 4.78 is 5.12. The lowest BCUT2D eigenvalue weighted by atomic mass is 10.0. The van der Waals surface area contributed by atoms with E-state index in [1.807, 2.05) is 25.1 Å². The van der Waals surface area contributed by atoms with Crippen molar-refractivity contribution in [1.82, 2.24) is 10.6 Å². The van der Waals surface area contributed by atoms with E-state index in [9.17, 15) is 9.59 Å². The molecule has 0 bridgehead atoms. The molecule has 0 spiro atoms. The van der Waals surface area contributed by atoms with E-state index >= 15 is 0 Å². The second-order valence-electron chi connectivity index (χ2n) is 7.05. The van der Waals surface area contributed by atoms with E-state index in [0.717, 1.165) is 24.8 Å². The van der Waals surface area contributed by atoms with Gasteiger partial charge in [0, 0.05) is 18.2 Å². The molecule has 3 rings (SSSR count). The zero-order valence-electron chi connectivity index (χ0n) is 15.8. The standard InChI is InChI=1S/C22H26N2O3/c1-15-5-3-6-16(13-15)14-23-22(26)19-7-4-8-20(19)24-21(25)17-9-11-18(27-2)12-10-17/h3,5-6,9-13,19-20H,4,7-8,14H2,1-2H3,(H,23,26)(H,24,25)/t19-,20+/m0/s1. The molecule has 2 aromatic carbocycles. The molecule has 142 valence electrons. The topological polar surface area (TPSA) is 67.4 Å². The van der Waals surface area contributed by atoms with Gasteiger partial charge >= 0.3 is 0 Å². The summed E-state index contributed by atoms with van der Waals surface area (Å²) in [7, 11) is 1.59. The average Bonchev–Trinajstić information content (AvgIpc) is 3.14. The normalized spacial score (nSPS) is 18.7. The van der Waals surface area contributed by atoms with Gasteiger partial charge in [-0.1, -0.05) is 36.2 Å². The van der Waals surface area contributed by atoms with E-state index in [1.54, 1.807) is 31.4 Å². The van der Waals surface area contributed by atoms with Gasteiger partial charge < -0.3 is 15.4 Å². The van der Waals surface area contributed by atoms with Gasteiger partial charge in [-0.2, -0.15) is 0 Å². The van der Waals surface area contributed by atoms with E-state index in [0.29, 0.717) is 17.9 Å². The first-order valence-electron chi connectivity index (χ1n) is 9.35. The van der Waals surface area contributed by atoms with Crippen molar-refractivity contribution in [2.75, 3.05) is 7.11 Å². The van der Waals surface area contributed by atoms with Gasteiger partial charge in [-0.25, -0.2) is 0 Å². The molecule has 0 unspecified atom stereocenters. The monoisotopic (exact) mass is 366 g/mol. The van der Waals surface area contributed by atoms with Crippen LogP contribution in [0.5, 0.6) is 5.75 Å². The van der Waals surface area contributed by atoms with Crippen molar-refractivity contribution in [3.63, 3.8) is 0 Å². The van der Waals surface area contributed by atoms with Crippen LogP contribution < -0.4 is 15.4 Å². The van der Waals surface area contributed by atoms with Gasteiger partial charge in [0.25, 0.3) is 5.91 Å². The molecule has 0 aliphatic heterocycles. The summed E-state index contributed by atoms with van der Waals surface area (Å²) >= 11 is 0. The smallest absolute Gasteiger partial charge is 0.251 e. The number of ether oxygens (including phenoxy) is 1. The molecule has 0 radical (unpaired) electrons. The highest BCUT2D eigenvalue weighted by Crippen LogP contribution is 2.26. The third-order valence-electron chi connectivity index (χ3n) is 5.07. The lowest BCUT2D eigenvalue weighted by molar-refractivity contribution is -0.125. The highest BCUT2D eigenvalue weighted by atomic mass is 16.5. The number of carbonyl (C=O) groups is 2. The minimum atomic E-state index is -0.183. The van der Waals surface area contributed by atoms with E-state index in [2.05, 4.69) is 16.7 Å². The van der Waals surface area contributed by atoms with Gasteiger partial charge in [0.05, 0.1) is 13.0 Å². The molecule has 2 aromatic rings. The largest absolute Gasteiger partial charge is 0.497 e. The first kappa shape index (κ1) is 19.0. The van der Waals surface area contributed by atoms with Crippen LogP contribution in [0.25, 0.3) is 0 Å². The van der Waals surface area contributed by atoms with Crippen molar-refractivity contribution in [3.05, 3.63) is 65.2 Å². The minimum Gasteiger partial charge on any atom is -0.497 e. The summed E-state index contributed by atoms with van der Waals surface area (Å²) in [4.78, 5) is 25.1. The summed E-state index contributed by atoms with van der Waals surface area (Å²) in [6.45, 7) is 2.54. The van der Waals surface area contributed by atoms with Gasteiger partial charge in [-0.3, -0.25) is 9.59 Å². The lowest BCUT2D eigenvalue weighted by Crippen LogP contribution is -2.43. The zero-order valence-corrected chi connectivity index (χ0v) is 15.8. The van der Waals surface area contributed by atoms with Crippen LogP contribution >= 0.6 is 0 Å². The number of hydrogen-bond donors (Lipinski definition) is 2. The first-order valence-corrected chi connectivity index (χ1v) is 9.35. The molecule has 27 heavy (non-hydrogen) atoms. The van der Waals surface area contributed by atoms with Crippen LogP contribution in [0.15, 0.2) is 48.5 Å². The minimum absolute atomic E-state index is 0.00837. The Morgan fingerprint density at radius 3 is 2.59 bits per heavy atom. The molecule has 5 nitrogen and oxygen atoms in total. The number of amides is 2. The van der Waals surface area contributed by atoms with E-state index in [1.165, 1.54) is 5.56 Å². The molecule has 2 amide bonds. The van der Waals surface area contributed by atoms with Crippen LogP contribution in [0.2, 0.25) is 0 Å². The Morgan fingerprint density at radius 1 is 1.11 bits per heavy atom. The fourth-order valence-corrected chi connectivity index (χ4v) is 3.58. The molecular weight excluding hydrogens is 340 g/mol. The molecule has 1 aliphatic rings. The maximum atomic E-state index is 12.6. The molecule has 0 heterocycles. The van der Waals surface area contributed by atoms with Crippen LogP contribution in [0, 0.1) is 12.8 Å². The fraction of sp³-hybridized carbons (Fsp3) is 0.364. The van der Waals surface area contributed by atoms with Crippen LogP contribution in [0.1, 0.15) is 40.7 Å². The van der Waals surface area contributed by atoms with Crippen molar-refractivity contribution in [2.45, 2.75) is 38.8 Å². The van der Waals surface area contributed by atoms with Crippen LogP contribution in [-0.2, 0) is 11.3 Å². The maximum absolute atomic E-state index is 12.6. The molecular formula is C22H26N2O3. The third-order valence-corrected chi connectivity index (χ3v) is 5.07. The predicted octanol–water partition coefficient (Wildman–Crippen LogP) is 3.22. The fourth-order valence-electron chi connectivity index (χ4n) is 3.58. The Morgan fingerprint density at radius 2 is 1.89 bits per heavy atom. The van der Waals surface area contributed by atoms with Crippen LogP contribution in [0.3, 0.4) is 0 Å². The molecule has 1 aliphatic carbocycles. The van der Waals surface area contributed by atoms with Gasteiger partial charge in [-0.05, 0) is 49.6 Å². The summed E-state index contributed by atoms with van der Waals surface area (Å²) in [5.74, 6) is 0.382. The molecule has 5 heteroatoms. The molecule has 0 aromatic heterocycles. The summed E-state index contributed by atoms with van der Waals surface area (Å²) in [6, 6.07) is 15.0. The second-order valence-corrected chi connectivity index (χ2v) is 7.05. The van der Waals surface area contributed by atoms with Gasteiger partial charge in [0.15, 0.2) is 0 Å². The Kier molecular flexibility index (Phi) is 6.12. The quantitative estimate of drug-likeness (QED) is 0.825. The first-order chi connectivity index (χ1) is 13.1. The Balaban J connectivity index is 1.57. The van der Waals surface area contributed by atoms with Gasteiger partial charge in [0.1, 0.15) is 5.75 Å². The van der Waals surface area contributed by atoms with E-state index in [-0.39, 0.29) is 23.8 Å². The Hall–Kier alpha value is -2.82. The summed E-state index contributed by atoms with van der Waals surface area (Å²) in [5.41, 5.74) is 2.83. The van der Waals surface area contributed by atoms with Crippen molar-refractivity contribution in [3.8, 4) is 5.75 Å². The number of carbonyl (C=O) groups excluding carboxylic acids is 2. The maximum Gasteiger partial charge on any atom is 0.251 e. The van der Waals surface area contributed by atoms with Crippen molar-refractivity contribution in [1.29, 1.82) is 0 Å². The number of rotatable bonds is 6. The van der Waals surface area contributed by atoms with Gasteiger partial charge in [0.2, 0.25) is 5.91 Å². The number of nitrogens with one attached hydrogen (secondary N) is 2. The summed E-state index contributed by atoms with van der Waals surface area (Å²) in [6.07, 6.45) is 2.56. The summed E-state index contributed by atoms with van der Waals surface area (Å²) in [5, 5.41) is 6.05. The number of benzene rings is 2. The zero-order chi connectivity index (χ0) is 19.2. The lowest BCUT2D eigenvalue weighted by Gasteiger charge is -2.21. The molecule has 1 fully saturated rings. The van der Waals surface area contributed by atoms with Crippen LogP contribution in [0.4, 0.5) is 0 Å². The second kappa shape index (κ2) is 8.71. The Labute approximate surface area is 160 Å². The molecule has 2 atom stereocenters. The Bertz CT molecular complexity index is 801. The van der Waals surface area contributed by atoms with E-state index in [4.69, 9.17) is 4.74 Å². The van der Waals surface area contributed by atoms with Gasteiger partial charge in [-0.15, -0.1) is 0 Å². The molecule has 1 saturated carbocycles. The molecule has 2 N–H and O–H groups in total.